The predicted molar refractivity (Wildman–Crippen MR) is 162 cm³/mol. The van der Waals surface area contributed by atoms with Gasteiger partial charge in [-0.3, -0.25) is 9.10 Å². The van der Waals surface area contributed by atoms with Crippen LogP contribution in [0.1, 0.15) is 17.0 Å². The normalized spacial score (nSPS) is 11.5. The Kier molecular flexibility index (Phi) is 9.27. The zero-order chi connectivity index (χ0) is 29.7. The Morgan fingerprint density at radius 3 is 2.37 bits per heavy atom. The average molecular weight is 616 g/mol. The van der Waals surface area contributed by atoms with E-state index in [9.17, 15) is 13.2 Å². The van der Waals surface area contributed by atoms with Crippen LogP contribution < -0.4 is 19.2 Å². The molecule has 0 fully saturated rings. The van der Waals surface area contributed by atoms with Gasteiger partial charge < -0.3 is 14.0 Å². The molecule has 0 radical (unpaired) electrons. The Morgan fingerprint density at radius 2 is 1.68 bits per heavy atom. The molecular weight excluding hydrogens is 587 g/mol. The number of methoxy groups -OCH3 is 2. The van der Waals surface area contributed by atoms with Gasteiger partial charge in [-0.25, -0.2) is 13.8 Å². The van der Waals surface area contributed by atoms with Crippen molar-refractivity contribution in [3.63, 3.8) is 0 Å². The molecule has 0 aliphatic rings. The summed E-state index contributed by atoms with van der Waals surface area (Å²) in [4.78, 5) is 13.0. The lowest BCUT2D eigenvalue weighted by atomic mass is 10.2. The van der Waals surface area contributed by atoms with Crippen molar-refractivity contribution in [1.29, 1.82) is 0 Å². The van der Waals surface area contributed by atoms with Crippen molar-refractivity contribution in [1.82, 2.24) is 9.99 Å². The maximum Gasteiger partial charge on any atom is 0.264 e. The number of hydrogen-bond acceptors (Lipinski definition) is 6. The number of hydrogen-bond donors (Lipinski definition) is 1. The van der Waals surface area contributed by atoms with Crippen LogP contribution in [0.4, 0.5) is 5.69 Å². The third-order valence-corrected chi connectivity index (χ3v) is 8.63. The average Bonchev–Trinajstić information content (AvgIpc) is 3.25. The fourth-order valence-electron chi connectivity index (χ4n) is 4.30. The summed E-state index contributed by atoms with van der Waals surface area (Å²) in [6, 6.07) is 19.5. The topological polar surface area (TPSA) is 102 Å². The number of anilines is 1. The van der Waals surface area contributed by atoms with Crippen molar-refractivity contribution in [2.24, 2.45) is 5.10 Å². The Hall–Kier alpha value is -3.99. The summed E-state index contributed by atoms with van der Waals surface area (Å²) in [6.07, 6.45) is 1.49. The highest BCUT2D eigenvalue weighted by atomic mass is 35.5. The third-order valence-electron chi connectivity index (χ3n) is 6.29. The number of benzene rings is 3. The number of nitrogens with one attached hydrogen (secondary N) is 1. The first-order valence-corrected chi connectivity index (χ1v) is 14.5. The molecule has 1 amide bonds. The van der Waals surface area contributed by atoms with Crippen molar-refractivity contribution < 1.29 is 22.7 Å². The molecule has 4 aromatic rings. The molecule has 0 spiro atoms. The van der Waals surface area contributed by atoms with Crippen molar-refractivity contribution >= 4 is 51.0 Å². The van der Waals surface area contributed by atoms with E-state index in [0.717, 1.165) is 26.9 Å². The number of sulfonamides is 1. The molecule has 1 aromatic heterocycles. The number of nitrogens with zero attached hydrogens (tertiary/aromatic N) is 3. The minimum atomic E-state index is -4.12. The first-order valence-electron chi connectivity index (χ1n) is 12.3. The highest BCUT2D eigenvalue weighted by molar-refractivity contribution is 7.92. The van der Waals surface area contributed by atoms with E-state index in [1.807, 2.05) is 24.5 Å². The number of hydrazone groups is 1. The summed E-state index contributed by atoms with van der Waals surface area (Å²) >= 11 is 12.6. The number of rotatable bonds is 10. The van der Waals surface area contributed by atoms with Gasteiger partial charge in [0.05, 0.1) is 41.7 Å². The molecule has 214 valence electrons. The molecule has 0 aliphatic carbocycles. The molecule has 1 heterocycles. The minimum absolute atomic E-state index is 0.0261. The summed E-state index contributed by atoms with van der Waals surface area (Å²) in [7, 11) is -1.21. The number of halogens is 2. The molecule has 0 unspecified atom stereocenters. The second kappa shape index (κ2) is 12.7. The van der Waals surface area contributed by atoms with Gasteiger partial charge in [-0.15, -0.1) is 0 Å². The van der Waals surface area contributed by atoms with Gasteiger partial charge in [0.1, 0.15) is 6.54 Å². The quantitative estimate of drug-likeness (QED) is 0.181. The highest BCUT2D eigenvalue weighted by Gasteiger charge is 2.28. The molecule has 0 saturated carbocycles. The molecule has 1 N–H and O–H groups in total. The molecule has 9 nitrogen and oxygen atoms in total. The fraction of sp³-hybridized carbons (Fsp3) is 0.172. The van der Waals surface area contributed by atoms with Crippen molar-refractivity contribution in [3.05, 3.63) is 99.8 Å². The second-order valence-corrected chi connectivity index (χ2v) is 11.6. The van der Waals surface area contributed by atoms with E-state index in [0.29, 0.717) is 21.5 Å². The molecule has 12 heteroatoms. The molecule has 3 aromatic carbocycles. The standard InChI is InChI=1S/C29H28Cl2N4O5S/c1-19-14-21(20(2)35(19)26-15-22(30)10-12-25(26)31)17-32-33-29(36)18-34(41(37,38)24-8-6-5-7-9-24)23-11-13-27(39-3)28(16-23)40-4/h5-17H,18H2,1-4H3,(H,33,36)/b32-17-. The van der Waals surface area contributed by atoms with Gasteiger partial charge >= 0.3 is 0 Å². The zero-order valence-corrected chi connectivity index (χ0v) is 25.1. The van der Waals surface area contributed by atoms with Crippen molar-refractivity contribution in [2.75, 3.05) is 25.1 Å². The van der Waals surface area contributed by atoms with Crippen LogP contribution in [0.2, 0.25) is 10.0 Å². The second-order valence-electron chi connectivity index (χ2n) is 8.91. The number of carbonyl (C=O) groups is 1. The van der Waals surface area contributed by atoms with Gasteiger partial charge in [0, 0.05) is 28.0 Å². The van der Waals surface area contributed by atoms with Crippen LogP contribution in [0, 0.1) is 13.8 Å². The molecule has 0 aliphatic heterocycles. The monoisotopic (exact) mass is 614 g/mol. The summed E-state index contributed by atoms with van der Waals surface area (Å²) in [5, 5.41) is 5.17. The molecule has 4 rings (SSSR count). The molecule has 0 saturated heterocycles. The van der Waals surface area contributed by atoms with Crippen molar-refractivity contribution in [2.45, 2.75) is 18.7 Å². The maximum absolute atomic E-state index is 13.6. The van der Waals surface area contributed by atoms with Crippen molar-refractivity contribution in [3.8, 4) is 17.2 Å². The number of aromatic nitrogens is 1. The molecule has 41 heavy (non-hydrogen) atoms. The number of ether oxygens (including phenoxy) is 2. The predicted octanol–water partition coefficient (Wildman–Crippen LogP) is 5.76. The number of amides is 1. The van der Waals surface area contributed by atoms with E-state index in [1.165, 1.54) is 44.7 Å². The van der Waals surface area contributed by atoms with Crippen LogP contribution in [0.15, 0.2) is 82.8 Å². The number of carbonyl (C=O) groups excluding carboxylic acids is 1. The Bertz CT molecular complexity index is 1710. The maximum atomic E-state index is 13.6. The van der Waals surface area contributed by atoms with Crippen LogP contribution in [0.5, 0.6) is 11.5 Å². The van der Waals surface area contributed by atoms with Gasteiger partial charge in [0.2, 0.25) is 0 Å². The third kappa shape index (κ3) is 6.51. The van der Waals surface area contributed by atoms with Crippen LogP contribution >= 0.6 is 23.2 Å². The smallest absolute Gasteiger partial charge is 0.264 e. The van der Waals surface area contributed by atoms with Gasteiger partial charge in [-0.1, -0.05) is 41.4 Å². The highest BCUT2D eigenvalue weighted by Crippen LogP contribution is 2.34. The van der Waals surface area contributed by atoms with Gasteiger partial charge in [-0.2, -0.15) is 5.10 Å². The Balaban J connectivity index is 1.60. The van der Waals surface area contributed by atoms with E-state index in [1.54, 1.807) is 42.5 Å². The van der Waals surface area contributed by atoms with Crippen LogP contribution in [-0.2, 0) is 14.8 Å². The summed E-state index contributed by atoms with van der Waals surface area (Å²) in [5.41, 5.74) is 5.80. The summed E-state index contributed by atoms with van der Waals surface area (Å²) < 4.78 is 40.7. The lowest BCUT2D eigenvalue weighted by Gasteiger charge is -2.24. The van der Waals surface area contributed by atoms with E-state index < -0.39 is 22.5 Å². The fourth-order valence-corrected chi connectivity index (χ4v) is 6.10. The Labute approximate surface area is 249 Å². The van der Waals surface area contributed by atoms with Crippen LogP contribution in [0.3, 0.4) is 0 Å². The van der Waals surface area contributed by atoms with Crippen LogP contribution in [0.25, 0.3) is 5.69 Å². The van der Waals surface area contributed by atoms with Gasteiger partial charge in [0.15, 0.2) is 11.5 Å². The lowest BCUT2D eigenvalue weighted by Crippen LogP contribution is -2.39. The van der Waals surface area contributed by atoms with E-state index in [2.05, 4.69) is 10.5 Å². The number of aryl methyl sites for hydroxylation is 1. The van der Waals surface area contributed by atoms with Gasteiger partial charge in [0.25, 0.3) is 15.9 Å². The van der Waals surface area contributed by atoms with E-state index >= 15 is 0 Å². The van der Waals surface area contributed by atoms with E-state index in [-0.39, 0.29) is 10.6 Å². The van der Waals surface area contributed by atoms with Gasteiger partial charge in [-0.05, 0) is 62.4 Å². The first kappa shape index (κ1) is 30.0. The van der Waals surface area contributed by atoms with E-state index in [4.69, 9.17) is 32.7 Å². The molecule has 0 atom stereocenters. The molecule has 0 bridgehead atoms. The Morgan fingerprint density at radius 1 is 0.976 bits per heavy atom. The summed E-state index contributed by atoms with van der Waals surface area (Å²) in [5.74, 6) is 0.0770. The first-order chi connectivity index (χ1) is 19.6. The SMILES string of the molecule is COc1ccc(N(CC(=O)N/N=C\c2cc(C)n(-c3cc(Cl)ccc3Cl)c2C)S(=O)(=O)c2ccccc2)cc1OC. The van der Waals surface area contributed by atoms with Crippen LogP contribution in [-0.4, -0.2) is 45.9 Å². The zero-order valence-electron chi connectivity index (χ0n) is 22.8. The molecular formula is C29H28Cl2N4O5S. The minimum Gasteiger partial charge on any atom is -0.493 e. The largest absolute Gasteiger partial charge is 0.493 e. The summed E-state index contributed by atoms with van der Waals surface area (Å²) in [6.45, 7) is 3.26. The lowest BCUT2D eigenvalue weighted by molar-refractivity contribution is -0.119.